The Labute approximate surface area is 129 Å². The van der Waals surface area contributed by atoms with Gasteiger partial charge in [0.15, 0.2) is 0 Å². The molecular formula is C19H30N2. The van der Waals surface area contributed by atoms with E-state index >= 15 is 0 Å². The average Bonchev–Trinajstić information content (AvgIpc) is 2.90. The van der Waals surface area contributed by atoms with Gasteiger partial charge < -0.3 is 4.98 Å². The molecule has 0 saturated carbocycles. The van der Waals surface area contributed by atoms with Gasteiger partial charge in [0, 0.05) is 6.42 Å². The van der Waals surface area contributed by atoms with Gasteiger partial charge >= 0.3 is 0 Å². The van der Waals surface area contributed by atoms with Gasteiger partial charge in [0.2, 0.25) is 0 Å². The number of imidazole rings is 1. The first kappa shape index (κ1) is 16.1. The summed E-state index contributed by atoms with van der Waals surface area (Å²) in [5, 5.41) is 0. The third kappa shape index (κ3) is 5.18. The van der Waals surface area contributed by atoms with E-state index in [0.29, 0.717) is 0 Å². The fourth-order valence-corrected chi connectivity index (χ4v) is 2.95. The van der Waals surface area contributed by atoms with Crippen molar-refractivity contribution in [1.29, 1.82) is 0 Å². The molecule has 1 aromatic heterocycles. The summed E-state index contributed by atoms with van der Waals surface area (Å²) in [4.78, 5) is 8.17. The van der Waals surface area contributed by atoms with Gasteiger partial charge in [-0.25, -0.2) is 4.98 Å². The number of hydrogen-bond acceptors (Lipinski definition) is 1. The number of para-hydroxylation sites is 1. The normalized spacial score (nSPS) is 11.3. The predicted octanol–water partition coefficient (Wildman–Crippen LogP) is 5.94. The highest BCUT2D eigenvalue weighted by Crippen LogP contribution is 2.17. The Morgan fingerprint density at radius 3 is 2.24 bits per heavy atom. The van der Waals surface area contributed by atoms with Gasteiger partial charge in [-0.15, -0.1) is 0 Å². The quantitative estimate of drug-likeness (QED) is 0.537. The minimum absolute atomic E-state index is 1.09. The zero-order valence-electron chi connectivity index (χ0n) is 13.8. The van der Waals surface area contributed by atoms with Crippen molar-refractivity contribution in [3.63, 3.8) is 0 Å². The number of aromatic amines is 1. The van der Waals surface area contributed by atoms with E-state index in [-0.39, 0.29) is 0 Å². The van der Waals surface area contributed by atoms with E-state index in [1.807, 2.05) is 0 Å². The zero-order valence-corrected chi connectivity index (χ0v) is 13.8. The number of nitrogens with one attached hydrogen (secondary N) is 1. The number of unbranched alkanes of at least 4 members (excludes halogenated alkanes) is 8. The van der Waals surface area contributed by atoms with Crippen molar-refractivity contribution < 1.29 is 0 Å². The molecule has 2 nitrogen and oxygen atoms in total. The van der Waals surface area contributed by atoms with E-state index in [1.54, 1.807) is 0 Å². The van der Waals surface area contributed by atoms with Crippen molar-refractivity contribution in [2.45, 2.75) is 78.1 Å². The minimum Gasteiger partial charge on any atom is -0.342 e. The van der Waals surface area contributed by atoms with Crippen LogP contribution in [0, 0.1) is 6.92 Å². The number of nitrogens with zero attached hydrogens (tertiary/aromatic N) is 1. The lowest BCUT2D eigenvalue weighted by molar-refractivity contribution is 0.562. The summed E-state index contributed by atoms with van der Waals surface area (Å²) < 4.78 is 0. The lowest BCUT2D eigenvalue weighted by Crippen LogP contribution is -1.89. The van der Waals surface area contributed by atoms with Gasteiger partial charge in [-0.1, -0.05) is 70.4 Å². The first-order valence-electron chi connectivity index (χ1n) is 8.75. The van der Waals surface area contributed by atoms with Crippen LogP contribution in [0.2, 0.25) is 0 Å². The molecule has 2 heteroatoms. The maximum absolute atomic E-state index is 4.72. The van der Waals surface area contributed by atoms with Crippen LogP contribution in [-0.4, -0.2) is 9.97 Å². The van der Waals surface area contributed by atoms with Gasteiger partial charge in [-0.3, -0.25) is 0 Å². The van der Waals surface area contributed by atoms with Crippen molar-refractivity contribution in [1.82, 2.24) is 9.97 Å². The Kier molecular flexibility index (Phi) is 6.78. The molecule has 0 radical (unpaired) electrons. The van der Waals surface area contributed by atoms with Crippen LogP contribution in [0.1, 0.15) is 76.1 Å². The molecule has 0 aliphatic carbocycles. The van der Waals surface area contributed by atoms with Crippen LogP contribution in [0.25, 0.3) is 11.0 Å². The van der Waals surface area contributed by atoms with Crippen LogP contribution in [0.3, 0.4) is 0 Å². The predicted molar refractivity (Wildman–Crippen MR) is 91.8 cm³/mol. The lowest BCUT2D eigenvalue weighted by Gasteiger charge is -2.01. The highest BCUT2D eigenvalue weighted by atomic mass is 14.9. The molecule has 0 aliphatic rings. The maximum atomic E-state index is 4.72. The molecule has 0 aliphatic heterocycles. The Balaban J connectivity index is 1.61. The Bertz CT molecular complexity index is 527. The molecule has 1 heterocycles. The molecule has 1 N–H and O–H groups in total. The van der Waals surface area contributed by atoms with Gasteiger partial charge in [-0.2, -0.15) is 0 Å². The summed E-state index contributed by atoms with van der Waals surface area (Å²) in [6.45, 7) is 4.41. The molecule has 0 fully saturated rings. The molecule has 0 bridgehead atoms. The SMILES string of the molecule is CCCCCCCCCCCc1nc2c(C)cccc2[nH]1. The van der Waals surface area contributed by atoms with Crippen LogP contribution in [0.5, 0.6) is 0 Å². The monoisotopic (exact) mass is 286 g/mol. The standard InChI is InChI=1S/C19H30N2/c1-3-4-5-6-7-8-9-10-11-15-18-20-17-14-12-13-16(2)19(17)21-18/h12-14H,3-11,15H2,1-2H3,(H,20,21). The maximum Gasteiger partial charge on any atom is 0.107 e. The topological polar surface area (TPSA) is 28.7 Å². The third-order valence-electron chi connectivity index (χ3n) is 4.28. The summed E-state index contributed by atoms with van der Waals surface area (Å²) >= 11 is 0. The summed E-state index contributed by atoms with van der Waals surface area (Å²) in [7, 11) is 0. The number of benzene rings is 1. The van der Waals surface area contributed by atoms with Crippen LogP contribution in [0.15, 0.2) is 18.2 Å². The van der Waals surface area contributed by atoms with Gasteiger partial charge in [0.25, 0.3) is 0 Å². The Hall–Kier alpha value is -1.31. The van der Waals surface area contributed by atoms with E-state index in [0.717, 1.165) is 17.8 Å². The minimum atomic E-state index is 1.09. The van der Waals surface area contributed by atoms with Crippen molar-refractivity contribution in [2.75, 3.05) is 0 Å². The number of aryl methyl sites for hydroxylation is 2. The van der Waals surface area contributed by atoms with Gasteiger partial charge in [-0.05, 0) is 25.0 Å². The number of aromatic nitrogens is 2. The Morgan fingerprint density at radius 2 is 1.57 bits per heavy atom. The van der Waals surface area contributed by atoms with Crippen LogP contribution in [0.4, 0.5) is 0 Å². The molecule has 2 aromatic rings. The first-order valence-corrected chi connectivity index (χ1v) is 8.75. The summed E-state index contributed by atoms with van der Waals surface area (Å²) in [5.41, 5.74) is 3.59. The number of hydrogen-bond donors (Lipinski definition) is 1. The molecular weight excluding hydrogens is 256 g/mol. The highest BCUT2D eigenvalue weighted by Gasteiger charge is 2.04. The second-order valence-corrected chi connectivity index (χ2v) is 6.23. The van der Waals surface area contributed by atoms with E-state index in [2.05, 4.69) is 37.0 Å². The molecule has 0 saturated heterocycles. The lowest BCUT2D eigenvalue weighted by atomic mass is 10.1. The first-order chi connectivity index (χ1) is 10.3. The number of H-pyrrole nitrogens is 1. The fraction of sp³-hybridized carbons (Fsp3) is 0.632. The van der Waals surface area contributed by atoms with Crippen molar-refractivity contribution >= 4 is 11.0 Å². The molecule has 2 rings (SSSR count). The van der Waals surface area contributed by atoms with Crippen LogP contribution < -0.4 is 0 Å². The third-order valence-corrected chi connectivity index (χ3v) is 4.28. The van der Waals surface area contributed by atoms with Crippen molar-refractivity contribution in [3.05, 3.63) is 29.6 Å². The van der Waals surface area contributed by atoms with Crippen LogP contribution in [-0.2, 0) is 6.42 Å². The summed E-state index contributed by atoms with van der Waals surface area (Å²) in [6.07, 6.45) is 13.5. The van der Waals surface area contributed by atoms with Gasteiger partial charge in [0.1, 0.15) is 5.82 Å². The molecule has 1 aromatic carbocycles. The molecule has 21 heavy (non-hydrogen) atoms. The van der Waals surface area contributed by atoms with E-state index in [1.165, 1.54) is 68.9 Å². The second-order valence-electron chi connectivity index (χ2n) is 6.23. The smallest absolute Gasteiger partial charge is 0.107 e. The summed E-state index contributed by atoms with van der Waals surface area (Å²) in [6, 6.07) is 6.35. The molecule has 116 valence electrons. The molecule has 0 atom stereocenters. The second kappa shape index (κ2) is 8.86. The Morgan fingerprint density at radius 1 is 0.905 bits per heavy atom. The van der Waals surface area contributed by atoms with E-state index in [4.69, 9.17) is 4.98 Å². The molecule has 0 unspecified atom stereocenters. The molecule has 0 amide bonds. The fourth-order valence-electron chi connectivity index (χ4n) is 2.95. The average molecular weight is 286 g/mol. The van der Waals surface area contributed by atoms with Crippen molar-refractivity contribution in [2.24, 2.45) is 0 Å². The van der Waals surface area contributed by atoms with E-state index < -0.39 is 0 Å². The van der Waals surface area contributed by atoms with Crippen LogP contribution >= 0.6 is 0 Å². The van der Waals surface area contributed by atoms with Crippen molar-refractivity contribution in [3.8, 4) is 0 Å². The van der Waals surface area contributed by atoms with E-state index in [9.17, 15) is 0 Å². The highest BCUT2D eigenvalue weighted by molar-refractivity contribution is 5.78. The largest absolute Gasteiger partial charge is 0.342 e. The van der Waals surface area contributed by atoms with Gasteiger partial charge in [0.05, 0.1) is 11.0 Å². The summed E-state index contributed by atoms with van der Waals surface area (Å²) in [5.74, 6) is 1.15. The number of fused-ring (bicyclic) bond motifs is 1. The zero-order chi connectivity index (χ0) is 14.9. The number of rotatable bonds is 10. The molecule has 0 spiro atoms.